The van der Waals surface area contributed by atoms with Crippen molar-refractivity contribution in [2.75, 3.05) is 5.75 Å². The largest absolute Gasteiger partial charge is 0.139 e. The summed E-state index contributed by atoms with van der Waals surface area (Å²) in [5.74, 6) is 1.20. The maximum Gasteiger partial charge on any atom is 0.0529 e. The minimum atomic E-state index is 0. The monoisotopic (exact) mass is 231 g/mol. The van der Waals surface area contributed by atoms with Crippen LogP contribution in [0.2, 0.25) is 0 Å². The Labute approximate surface area is 130 Å². The van der Waals surface area contributed by atoms with Crippen molar-refractivity contribution in [3.05, 3.63) is 29.9 Å². The van der Waals surface area contributed by atoms with Crippen LogP contribution in [-0.2, 0) is 0 Å². The average molecular weight is 231 g/mol. The number of aromatic nitrogens is 3. The summed E-state index contributed by atoms with van der Waals surface area (Å²) in [6.45, 7) is 0. The third kappa shape index (κ3) is 11.4. The zero-order valence-corrected chi connectivity index (χ0v) is 13.4. The second-order valence-electron chi connectivity index (χ2n) is 1.56. The van der Waals surface area contributed by atoms with Gasteiger partial charge in [0.05, 0.1) is 12.4 Å². The molecule has 60 valence electrons. The Morgan fingerprint density at radius 3 is 1.92 bits per heavy atom. The molecule has 1 aromatic heterocycles. The first kappa shape index (κ1) is 16.9. The van der Waals surface area contributed by atoms with Gasteiger partial charge in [-0.2, -0.15) is 0 Å². The van der Waals surface area contributed by atoms with E-state index in [4.69, 9.17) is 0 Å². The number of hydrogen-bond acceptors (Lipinski definition) is 5. The van der Waals surface area contributed by atoms with E-state index in [1.807, 2.05) is 21.6 Å². The molecule has 13 heavy (non-hydrogen) atoms. The van der Waals surface area contributed by atoms with Gasteiger partial charge >= 0.3 is 0 Å². The van der Waals surface area contributed by atoms with Gasteiger partial charge in [0.25, 0.3) is 0 Å². The van der Waals surface area contributed by atoms with Crippen LogP contribution in [0.5, 0.6) is 0 Å². The Kier molecular flexibility index (Phi) is 17.4. The third-order valence-corrected chi connectivity index (χ3v) is 2.71. The van der Waals surface area contributed by atoms with E-state index in [-0.39, 0.29) is 59.1 Å². The molecule has 0 N–H and O–H groups in total. The topological polar surface area (TPSA) is 38.7 Å². The SMILES string of the molecule is C1=CSSC1.[Na].[Na].c1cnnnc1. The van der Waals surface area contributed by atoms with Gasteiger partial charge in [0, 0.05) is 64.9 Å². The van der Waals surface area contributed by atoms with Crippen LogP contribution in [0.1, 0.15) is 0 Å². The molecular formula is C6H7N3Na2S2. The molecule has 1 aromatic rings. The van der Waals surface area contributed by atoms with E-state index in [1.165, 1.54) is 5.75 Å². The summed E-state index contributed by atoms with van der Waals surface area (Å²) in [5, 5.41) is 12.2. The van der Waals surface area contributed by atoms with Crippen LogP contribution < -0.4 is 0 Å². The van der Waals surface area contributed by atoms with Crippen LogP contribution in [-0.4, -0.2) is 80.3 Å². The van der Waals surface area contributed by atoms with E-state index in [0.717, 1.165) is 0 Å². The van der Waals surface area contributed by atoms with Gasteiger partial charge in [-0.15, -0.1) is 10.2 Å². The summed E-state index contributed by atoms with van der Waals surface area (Å²) >= 11 is 0. The molecule has 0 atom stereocenters. The Morgan fingerprint density at radius 2 is 1.77 bits per heavy atom. The molecule has 0 spiro atoms. The molecule has 2 rings (SSSR count). The van der Waals surface area contributed by atoms with Gasteiger partial charge in [0.2, 0.25) is 0 Å². The van der Waals surface area contributed by atoms with Crippen LogP contribution in [0.25, 0.3) is 0 Å². The Hall–Kier alpha value is 1.45. The molecular weight excluding hydrogens is 224 g/mol. The van der Waals surface area contributed by atoms with Crippen LogP contribution in [0.4, 0.5) is 0 Å². The predicted molar refractivity (Wildman–Crippen MR) is 60.5 cm³/mol. The van der Waals surface area contributed by atoms with Crippen molar-refractivity contribution < 1.29 is 0 Å². The molecule has 0 saturated carbocycles. The first-order valence-electron chi connectivity index (χ1n) is 3.02. The smallest absolute Gasteiger partial charge is 0.0529 e. The second-order valence-corrected chi connectivity index (χ2v) is 3.88. The number of hydrogen-bond donors (Lipinski definition) is 0. The Balaban J connectivity index is 0. The molecule has 0 unspecified atom stereocenters. The van der Waals surface area contributed by atoms with Crippen LogP contribution in [0.3, 0.4) is 0 Å². The fraction of sp³-hybridized carbons (Fsp3) is 0.167. The minimum Gasteiger partial charge on any atom is -0.139 e. The number of rotatable bonds is 0. The van der Waals surface area contributed by atoms with Gasteiger partial charge < -0.3 is 0 Å². The third-order valence-electron chi connectivity index (χ3n) is 0.793. The summed E-state index contributed by atoms with van der Waals surface area (Å²) in [7, 11) is 3.69. The molecule has 0 saturated heterocycles. The summed E-state index contributed by atoms with van der Waals surface area (Å²) in [6.07, 6.45) is 5.31. The molecule has 2 radical (unpaired) electrons. The van der Waals surface area contributed by atoms with Crippen molar-refractivity contribution in [3.8, 4) is 0 Å². The van der Waals surface area contributed by atoms with Crippen molar-refractivity contribution in [2.24, 2.45) is 0 Å². The molecule has 0 aromatic carbocycles. The number of nitrogens with zero attached hydrogens (tertiary/aromatic N) is 3. The summed E-state index contributed by atoms with van der Waals surface area (Å²) in [4.78, 5) is 0. The Morgan fingerprint density at radius 1 is 1.08 bits per heavy atom. The van der Waals surface area contributed by atoms with E-state index in [0.29, 0.717) is 0 Å². The normalized spacial score (nSPS) is 11.7. The summed E-state index contributed by atoms with van der Waals surface area (Å²) in [6, 6.07) is 1.72. The molecule has 0 bridgehead atoms. The quantitative estimate of drug-likeness (QED) is 0.492. The fourth-order valence-electron chi connectivity index (χ4n) is 0.401. The predicted octanol–water partition coefficient (Wildman–Crippen LogP) is 1.01. The van der Waals surface area contributed by atoms with Crippen molar-refractivity contribution >= 4 is 80.7 Å². The molecule has 0 amide bonds. The summed E-state index contributed by atoms with van der Waals surface area (Å²) in [5.41, 5.74) is 0. The maximum absolute atomic E-state index is 3.42. The molecule has 3 nitrogen and oxygen atoms in total. The molecule has 7 heteroatoms. The van der Waals surface area contributed by atoms with Gasteiger partial charge in [-0.25, -0.2) is 0 Å². The average Bonchev–Trinajstić information content (AvgIpc) is 2.64. The molecule has 0 aliphatic carbocycles. The zero-order chi connectivity index (χ0) is 7.78. The first-order chi connectivity index (χ1) is 5.50. The minimum absolute atomic E-state index is 0. The van der Waals surface area contributed by atoms with Gasteiger partial charge in [-0.05, 0) is 16.7 Å². The maximum atomic E-state index is 3.42. The van der Waals surface area contributed by atoms with Crippen LogP contribution in [0.15, 0.2) is 29.9 Å². The Bertz CT molecular complexity index is 178. The van der Waals surface area contributed by atoms with E-state index in [1.54, 1.807) is 18.5 Å². The van der Waals surface area contributed by atoms with Gasteiger partial charge in [0.1, 0.15) is 0 Å². The molecule has 1 aliphatic rings. The first-order valence-corrected chi connectivity index (χ1v) is 5.40. The van der Waals surface area contributed by atoms with Gasteiger partial charge in [-0.1, -0.05) is 27.7 Å². The fourth-order valence-corrected chi connectivity index (χ4v) is 1.97. The van der Waals surface area contributed by atoms with Crippen molar-refractivity contribution in [1.29, 1.82) is 0 Å². The van der Waals surface area contributed by atoms with Crippen LogP contribution >= 0.6 is 21.6 Å². The van der Waals surface area contributed by atoms with Gasteiger partial charge in [-0.3, -0.25) is 0 Å². The van der Waals surface area contributed by atoms with Crippen molar-refractivity contribution in [3.63, 3.8) is 0 Å². The van der Waals surface area contributed by atoms with Gasteiger partial charge in [0.15, 0.2) is 0 Å². The standard InChI is InChI=1S/C3H3N3.C3H4S2.2Na/c1-2-4-6-5-3-1;1-2-4-5-3-1;;/h1-3H;1-2H,3H2;;. The van der Waals surface area contributed by atoms with E-state index in [9.17, 15) is 0 Å². The van der Waals surface area contributed by atoms with Crippen molar-refractivity contribution in [2.45, 2.75) is 0 Å². The molecule has 2 heterocycles. The summed E-state index contributed by atoms with van der Waals surface area (Å²) < 4.78 is 0. The van der Waals surface area contributed by atoms with Crippen molar-refractivity contribution in [1.82, 2.24) is 15.4 Å². The van der Waals surface area contributed by atoms with E-state index < -0.39 is 0 Å². The molecule has 0 fully saturated rings. The second kappa shape index (κ2) is 13.4. The van der Waals surface area contributed by atoms with E-state index in [2.05, 4.69) is 26.9 Å². The zero-order valence-electron chi connectivity index (χ0n) is 7.75. The molecule has 1 aliphatic heterocycles. The van der Waals surface area contributed by atoms with Crippen LogP contribution in [0, 0.1) is 0 Å². The van der Waals surface area contributed by atoms with E-state index >= 15 is 0 Å².